The van der Waals surface area contributed by atoms with Crippen LogP contribution in [0.5, 0.6) is 0 Å². The van der Waals surface area contributed by atoms with Crippen molar-refractivity contribution >= 4 is 63.4 Å². The summed E-state index contributed by atoms with van der Waals surface area (Å²) < 4.78 is 0. The van der Waals surface area contributed by atoms with Crippen LogP contribution in [-0.4, -0.2) is 39.9 Å². The number of carbonyl (C=O) groups excluding carboxylic acids is 2. The number of aryl methyl sites for hydroxylation is 1. The van der Waals surface area contributed by atoms with Crippen LogP contribution in [-0.2, 0) is 6.42 Å². The van der Waals surface area contributed by atoms with E-state index in [1.54, 1.807) is 43.4 Å². The zero-order chi connectivity index (χ0) is 30.7. The number of carboxylic acid groups (broad SMARTS) is 1. The summed E-state index contributed by atoms with van der Waals surface area (Å²) >= 11 is 12.2. The lowest BCUT2D eigenvalue weighted by Gasteiger charge is -2.21. The fraction of sp³-hybridized carbons (Fsp3) is 0.152. The molecule has 43 heavy (non-hydrogen) atoms. The first-order chi connectivity index (χ1) is 20.7. The van der Waals surface area contributed by atoms with Gasteiger partial charge in [-0.15, -0.1) is 0 Å². The van der Waals surface area contributed by atoms with Gasteiger partial charge in [0.05, 0.1) is 32.3 Å². The highest BCUT2D eigenvalue weighted by atomic mass is 35.5. The van der Waals surface area contributed by atoms with Crippen molar-refractivity contribution in [3.8, 4) is 11.4 Å². The maximum absolute atomic E-state index is 13.4. The van der Waals surface area contributed by atoms with Gasteiger partial charge in [-0.2, -0.15) is 0 Å². The molecule has 5 rings (SSSR count). The van der Waals surface area contributed by atoms with Gasteiger partial charge >= 0.3 is 5.97 Å². The highest BCUT2D eigenvalue weighted by Gasteiger charge is 2.21. The molecule has 0 radical (unpaired) electrons. The number of imidazole rings is 1. The van der Waals surface area contributed by atoms with E-state index in [1.165, 1.54) is 23.1 Å². The number of benzene rings is 4. The van der Waals surface area contributed by atoms with Gasteiger partial charge in [-0.25, -0.2) is 9.78 Å². The van der Waals surface area contributed by atoms with Gasteiger partial charge in [0.2, 0.25) is 0 Å². The summed E-state index contributed by atoms with van der Waals surface area (Å²) in [5, 5.41) is 13.4. The van der Waals surface area contributed by atoms with Crippen LogP contribution in [0.1, 0.15) is 56.4 Å². The van der Waals surface area contributed by atoms with E-state index in [0.29, 0.717) is 26.9 Å². The molecule has 0 saturated heterocycles. The molecule has 1 heterocycles. The molecule has 0 atom stereocenters. The summed E-state index contributed by atoms with van der Waals surface area (Å²) in [4.78, 5) is 47.8. The Hall–Kier alpha value is -4.66. The number of hydrogen-bond acceptors (Lipinski definition) is 4. The van der Waals surface area contributed by atoms with Gasteiger partial charge in [0.25, 0.3) is 11.8 Å². The lowest BCUT2D eigenvalue weighted by atomic mass is 10.0. The second kappa shape index (κ2) is 12.7. The van der Waals surface area contributed by atoms with Crippen molar-refractivity contribution in [2.24, 2.45) is 0 Å². The third-order valence-corrected chi connectivity index (χ3v) is 7.87. The molecule has 0 spiro atoms. The Morgan fingerprint density at radius 1 is 0.930 bits per heavy atom. The van der Waals surface area contributed by atoms with Crippen LogP contribution >= 0.6 is 23.2 Å². The van der Waals surface area contributed by atoms with E-state index in [4.69, 9.17) is 23.2 Å². The average molecular weight is 616 g/mol. The summed E-state index contributed by atoms with van der Waals surface area (Å²) in [5.74, 6) is -1.55. The first-order valence-corrected chi connectivity index (χ1v) is 14.4. The predicted molar refractivity (Wildman–Crippen MR) is 171 cm³/mol. The quantitative estimate of drug-likeness (QED) is 0.155. The van der Waals surface area contributed by atoms with E-state index >= 15 is 0 Å². The van der Waals surface area contributed by atoms with E-state index in [0.717, 1.165) is 41.6 Å². The Balaban J connectivity index is 1.34. The second-order valence-electron chi connectivity index (χ2n) is 10.1. The number of aromatic carboxylic acids is 1. The van der Waals surface area contributed by atoms with Gasteiger partial charge in [0.15, 0.2) is 0 Å². The summed E-state index contributed by atoms with van der Waals surface area (Å²) in [5.41, 5.74) is 4.32. The highest BCUT2D eigenvalue weighted by Crippen LogP contribution is 2.29. The first-order valence-electron chi connectivity index (χ1n) is 13.7. The molecule has 10 heteroatoms. The molecule has 5 aromatic rings. The molecule has 4 aromatic carbocycles. The summed E-state index contributed by atoms with van der Waals surface area (Å²) in [6, 6.07) is 21.9. The second-order valence-corrected chi connectivity index (χ2v) is 10.9. The molecule has 0 saturated carbocycles. The number of carbonyl (C=O) groups is 3. The van der Waals surface area contributed by atoms with Gasteiger partial charge in [-0.1, -0.05) is 66.9 Å². The molecule has 0 unspecified atom stereocenters. The highest BCUT2D eigenvalue weighted by molar-refractivity contribution is 6.42. The van der Waals surface area contributed by atoms with Crippen LogP contribution in [0.15, 0.2) is 78.9 Å². The molecule has 0 bridgehead atoms. The van der Waals surface area contributed by atoms with Crippen LogP contribution in [0, 0.1) is 0 Å². The lowest BCUT2D eigenvalue weighted by Crippen LogP contribution is -2.27. The molecular formula is C33H28Cl2N4O4. The lowest BCUT2D eigenvalue weighted by molar-refractivity contribution is 0.0698. The molecule has 0 aliphatic rings. The number of halogens is 2. The zero-order valence-corrected chi connectivity index (χ0v) is 25.0. The van der Waals surface area contributed by atoms with Crippen molar-refractivity contribution in [2.75, 3.05) is 17.3 Å². The number of unbranched alkanes of at least 4 members (excludes halogenated alkanes) is 1. The molecule has 0 fully saturated rings. The van der Waals surface area contributed by atoms with E-state index in [2.05, 4.69) is 22.2 Å². The van der Waals surface area contributed by atoms with E-state index in [1.807, 2.05) is 24.3 Å². The fourth-order valence-electron chi connectivity index (χ4n) is 4.80. The molecule has 0 aliphatic carbocycles. The number of nitrogens with one attached hydrogen (secondary N) is 2. The first kappa shape index (κ1) is 29.8. The van der Waals surface area contributed by atoms with Crippen LogP contribution in [0.3, 0.4) is 0 Å². The SMILES string of the molecule is CCCCc1ccccc1N(C)C(=O)c1ccc(NC(=O)c2ccc(-c3nc4cc(Cl)c(Cl)cc4[nH]3)cc2)c(C(=O)O)c1. The average Bonchev–Trinajstić information content (AvgIpc) is 3.42. The van der Waals surface area contributed by atoms with Gasteiger partial charge < -0.3 is 20.3 Å². The third-order valence-electron chi connectivity index (χ3n) is 7.15. The predicted octanol–water partition coefficient (Wildman–Crippen LogP) is 8.11. The topological polar surface area (TPSA) is 115 Å². The number of aromatic nitrogens is 2. The maximum Gasteiger partial charge on any atom is 0.337 e. The van der Waals surface area contributed by atoms with Gasteiger partial charge in [0.1, 0.15) is 5.82 Å². The number of aromatic amines is 1. The largest absolute Gasteiger partial charge is 0.478 e. The normalized spacial score (nSPS) is 11.0. The number of para-hydroxylation sites is 1. The number of anilines is 2. The van der Waals surface area contributed by atoms with Crippen molar-refractivity contribution in [3.05, 3.63) is 111 Å². The zero-order valence-electron chi connectivity index (χ0n) is 23.4. The van der Waals surface area contributed by atoms with Crippen molar-refractivity contribution in [1.29, 1.82) is 0 Å². The number of nitrogens with zero attached hydrogens (tertiary/aromatic N) is 2. The number of H-pyrrole nitrogens is 1. The summed E-state index contributed by atoms with van der Waals surface area (Å²) in [7, 11) is 1.67. The summed E-state index contributed by atoms with van der Waals surface area (Å²) in [6.45, 7) is 2.11. The minimum absolute atomic E-state index is 0.0789. The number of hydrogen-bond donors (Lipinski definition) is 3. The smallest absolute Gasteiger partial charge is 0.337 e. The molecule has 2 amide bonds. The van der Waals surface area contributed by atoms with Crippen molar-refractivity contribution in [3.63, 3.8) is 0 Å². The van der Waals surface area contributed by atoms with Crippen LogP contribution in [0.4, 0.5) is 11.4 Å². The molecule has 1 aromatic heterocycles. The van der Waals surface area contributed by atoms with Crippen LogP contribution in [0.2, 0.25) is 10.0 Å². The Morgan fingerprint density at radius 2 is 1.63 bits per heavy atom. The van der Waals surface area contributed by atoms with Gasteiger partial charge in [0, 0.05) is 29.4 Å². The van der Waals surface area contributed by atoms with Crippen molar-refractivity contribution < 1.29 is 19.5 Å². The van der Waals surface area contributed by atoms with Gasteiger partial charge in [-0.3, -0.25) is 9.59 Å². The summed E-state index contributed by atoms with van der Waals surface area (Å²) in [6.07, 6.45) is 2.85. The van der Waals surface area contributed by atoms with E-state index in [9.17, 15) is 19.5 Å². The van der Waals surface area contributed by atoms with Crippen LogP contribution in [0.25, 0.3) is 22.4 Å². The van der Waals surface area contributed by atoms with Crippen molar-refractivity contribution in [1.82, 2.24) is 9.97 Å². The van der Waals surface area contributed by atoms with Crippen molar-refractivity contribution in [2.45, 2.75) is 26.2 Å². The molecular weight excluding hydrogens is 587 g/mol. The number of amides is 2. The monoisotopic (exact) mass is 614 g/mol. The van der Waals surface area contributed by atoms with E-state index in [-0.39, 0.29) is 22.7 Å². The Labute approximate surface area is 258 Å². The third kappa shape index (κ3) is 6.40. The molecule has 218 valence electrons. The maximum atomic E-state index is 13.4. The molecule has 0 aliphatic heterocycles. The minimum atomic E-state index is -1.27. The molecule has 3 N–H and O–H groups in total. The Kier molecular flexibility index (Phi) is 8.80. The number of rotatable bonds is 9. The number of carboxylic acids is 1. The molecule has 8 nitrogen and oxygen atoms in total. The Bertz CT molecular complexity index is 1810. The minimum Gasteiger partial charge on any atom is -0.478 e. The van der Waals surface area contributed by atoms with Crippen LogP contribution < -0.4 is 10.2 Å². The van der Waals surface area contributed by atoms with Gasteiger partial charge in [-0.05, 0) is 66.9 Å². The fourth-order valence-corrected chi connectivity index (χ4v) is 5.12. The standard InChI is InChI=1S/C33H28Cl2N4O4/c1-3-4-7-19-8-5-6-9-29(19)39(2)32(41)22-14-15-26(23(16-22)33(42)43)38-31(40)21-12-10-20(11-13-21)30-36-27-17-24(34)25(35)18-28(27)37-30/h5-6,8-18H,3-4,7H2,1-2H3,(H,36,37)(H,38,40)(H,42,43). The number of fused-ring (bicyclic) bond motifs is 1. The van der Waals surface area contributed by atoms with E-state index < -0.39 is 11.9 Å². The Morgan fingerprint density at radius 3 is 2.35 bits per heavy atom.